The van der Waals surface area contributed by atoms with Crippen LogP contribution in [0, 0.1) is 4.91 Å². The van der Waals surface area contributed by atoms with Crippen molar-refractivity contribution in [3.63, 3.8) is 0 Å². The molecule has 2 rings (SSSR count). The summed E-state index contributed by atoms with van der Waals surface area (Å²) < 4.78 is 4.54. The Balaban J connectivity index is 0.000000486. The van der Waals surface area contributed by atoms with Crippen molar-refractivity contribution in [3.05, 3.63) is 28.7 Å². The molecule has 1 aliphatic heterocycles. The second-order valence-corrected chi connectivity index (χ2v) is 4.24. The van der Waals surface area contributed by atoms with Gasteiger partial charge in [-0.05, 0) is 42.8 Å². The van der Waals surface area contributed by atoms with Gasteiger partial charge in [0.1, 0.15) is 18.3 Å². The second-order valence-electron chi connectivity index (χ2n) is 4.24. The van der Waals surface area contributed by atoms with Gasteiger partial charge in [-0.2, -0.15) is 0 Å². The lowest BCUT2D eigenvalue weighted by atomic mass is 10.1. The summed E-state index contributed by atoms with van der Waals surface area (Å²) in [5, 5.41) is 2.87. The molecule has 0 aliphatic carbocycles. The number of carbonyl (C=O) groups excluding carboxylic acids is 2. The van der Waals surface area contributed by atoms with E-state index < -0.39 is 0 Å². The maximum absolute atomic E-state index is 10.7. The minimum Gasteiger partial charge on any atom is -0.385 e. The molecule has 0 amide bonds. The predicted molar refractivity (Wildman–Crippen MR) is 83.1 cm³/mol. The Morgan fingerprint density at radius 2 is 2.00 bits per heavy atom. The van der Waals surface area contributed by atoms with Crippen LogP contribution in [-0.4, -0.2) is 39.4 Å². The molecule has 116 valence electrons. The second kappa shape index (κ2) is 10.7. The van der Waals surface area contributed by atoms with Crippen LogP contribution < -0.4 is 4.90 Å². The lowest BCUT2D eigenvalue weighted by Crippen LogP contribution is -2.28. The molecule has 21 heavy (non-hydrogen) atoms. The van der Waals surface area contributed by atoms with Gasteiger partial charge in [-0.15, -0.1) is 4.91 Å². The number of nitrogens with zero attached hydrogens (tertiary/aromatic N) is 2. The zero-order valence-corrected chi connectivity index (χ0v) is 12.9. The minimum atomic E-state index is -0.105. The van der Waals surface area contributed by atoms with Crippen molar-refractivity contribution >= 4 is 23.9 Å². The van der Waals surface area contributed by atoms with Crippen molar-refractivity contribution in [3.8, 4) is 0 Å². The summed E-state index contributed by atoms with van der Waals surface area (Å²) in [5.74, 6) is 0. The van der Waals surface area contributed by atoms with E-state index in [4.69, 9.17) is 4.79 Å². The number of methoxy groups -OCH3 is 1. The third-order valence-electron chi connectivity index (χ3n) is 2.92. The predicted octanol–water partition coefficient (Wildman–Crippen LogP) is 2.50. The molecule has 1 heterocycles. The van der Waals surface area contributed by atoms with Crippen molar-refractivity contribution in [1.29, 1.82) is 0 Å². The van der Waals surface area contributed by atoms with Crippen molar-refractivity contribution in [2.75, 3.05) is 25.7 Å². The van der Waals surface area contributed by atoms with E-state index in [9.17, 15) is 9.70 Å². The van der Waals surface area contributed by atoms with Gasteiger partial charge in [0.15, 0.2) is 0 Å². The summed E-state index contributed by atoms with van der Waals surface area (Å²) in [5.41, 5.74) is 2.44. The number of carbonyl (C=O) groups is 2. The van der Waals surface area contributed by atoms with Gasteiger partial charge in [0, 0.05) is 32.9 Å². The average Bonchev–Trinajstić information content (AvgIpc) is 2.84. The average molecular weight is 294 g/mol. The SMILES string of the molecule is CC=O.CCOC.CN1c2ccc(N=O)cc2CC1C=O. The summed E-state index contributed by atoms with van der Waals surface area (Å²) >= 11 is 0. The number of fused-ring (bicyclic) bond motifs is 1. The zero-order chi connectivity index (χ0) is 16.3. The molecule has 0 bridgehead atoms. The largest absolute Gasteiger partial charge is 0.385 e. The Bertz CT molecular complexity index is 461. The minimum absolute atomic E-state index is 0.105. The van der Waals surface area contributed by atoms with Gasteiger partial charge in [-0.1, -0.05) is 0 Å². The number of hydrogen-bond donors (Lipinski definition) is 0. The highest BCUT2D eigenvalue weighted by atomic mass is 16.5. The topological polar surface area (TPSA) is 76.0 Å². The molecule has 6 heteroatoms. The first kappa shape index (κ1) is 18.9. The Morgan fingerprint density at radius 1 is 1.43 bits per heavy atom. The van der Waals surface area contributed by atoms with Gasteiger partial charge in [-0.3, -0.25) is 0 Å². The van der Waals surface area contributed by atoms with Crippen LogP contribution in [-0.2, 0) is 20.7 Å². The molecule has 0 spiro atoms. The molecule has 0 fully saturated rings. The Labute approximate surface area is 125 Å². The highest BCUT2D eigenvalue weighted by Gasteiger charge is 2.25. The number of rotatable bonds is 3. The molecule has 1 unspecified atom stereocenters. The van der Waals surface area contributed by atoms with Crippen LogP contribution in [0.1, 0.15) is 19.4 Å². The summed E-state index contributed by atoms with van der Waals surface area (Å²) in [4.78, 5) is 31.7. The van der Waals surface area contributed by atoms with Crippen LogP contribution in [0.15, 0.2) is 23.4 Å². The van der Waals surface area contributed by atoms with E-state index in [1.54, 1.807) is 19.2 Å². The van der Waals surface area contributed by atoms with Gasteiger partial charge in [0.2, 0.25) is 0 Å². The first-order chi connectivity index (χ1) is 10.1. The normalized spacial score (nSPS) is 14.9. The van der Waals surface area contributed by atoms with Gasteiger partial charge in [-0.25, -0.2) is 0 Å². The number of benzene rings is 1. The first-order valence-corrected chi connectivity index (χ1v) is 6.62. The van der Waals surface area contributed by atoms with E-state index in [0.717, 1.165) is 30.4 Å². The van der Waals surface area contributed by atoms with E-state index in [0.29, 0.717) is 12.1 Å². The number of anilines is 1. The molecule has 6 nitrogen and oxygen atoms in total. The summed E-state index contributed by atoms with van der Waals surface area (Å²) in [6.07, 6.45) is 2.34. The quantitative estimate of drug-likeness (QED) is 0.632. The molecule has 1 aromatic rings. The number of likely N-dealkylation sites (N-methyl/N-ethyl adjacent to an activating group) is 1. The molecule has 0 N–H and O–H groups in total. The van der Waals surface area contributed by atoms with Gasteiger partial charge < -0.3 is 19.2 Å². The van der Waals surface area contributed by atoms with E-state index in [1.807, 2.05) is 24.9 Å². The maximum Gasteiger partial charge on any atom is 0.142 e. The molecule has 0 saturated carbocycles. The number of ether oxygens (including phenoxy) is 1. The molecule has 1 atom stereocenters. The summed E-state index contributed by atoms with van der Waals surface area (Å²) in [7, 11) is 3.55. The molecule has 0 radical (unpaired) electrons. The van der Waals surface area contributed by atoms with Gasteiger partial charge in [0.05, 0.1) is 6.04 Å². The Hall–Kier alpha value is -2.08. The van der Waals surface area contributed by atoms with Crippen molar-refractivity contribution in [2.45, 2.75) is 26.3 Å². The van der Waals surface area contributed by atoms with Crippen molar-refractivity contribution < 1.29 is 14.3 Å². The Kier molecular flexibility index (Phi) is 9.62. The molecular weight excluding hydrogens is 272 g/mol. The summed E-state index contributed by atoms with van der Waals surface area (Å²) in [6.45, 7) is 4.22. The van der Waals surface area contributed by atoms with Crippen LogP contribution in [0.2, 0.25) is 0 Å². The van der Waals surface area contributed by atoms with Gasteiger partial charge in [0.25, 0.3) is 0 Å². The lowest BCUT2D eigenvalue weighted by Gasteiger charge is -2.16. The molecular formula is C15H22N2O4. The fourth-order valence-corrected chi connectivity index (χ4v) is 1.82. The Morgan fingerprint density at radius 3 is 2.43 bits per heavy atom. The third-order valence-corrected chi connectivity index (χ3v) is 2.92. The zero-order valence-electron chi connectivity index (χ0n) is 12.9. The first-order valence-electron chi connectivity index (χ1n) is 6.62. The van der Waals surface area contributed by atoms with E-state index in [-0.39, 0.29) is 6.04 Å². The maximum atomic E-state index is 10.7. The monoisotopic (exact) mass is 294 g/mol. The van der Waals surface area contributed by atoms with Crippen LogP contribution in [0.4, 0.5) is 11.4 Å². The smallest absolute Gasteiger partial charge is 0.142 e. The summed E-state index contributed by atoms with van der Waals surface area (Å²) in [6, 6.07) is 5.12. The third kappa shape index (κ3) is 5.83. The standard InChI is InChI=1S/C10H10N2O2.C3H8O.C2H4O/c1-12-9(6-13)5-7-4-8(11-14)2-3-10(7)12;1-3-4-2;1-2-3/h2-4,6,9H,5H2,1H3;3H2,1-2H3;2H,1H3. The molecule has 0 saturated heterocycles. The number of nitroso groups, excluding NO2 is 1. The molecule has 1 aromatic carbocycles. The fourth-order valence-electron chi connectivity index (χ4n) is 1.82. The van der Waals surface area contributed by atoms with E-state index in [1.165, 1.54) is 6.92 Å². The number of hydrogen-bond acceptors (Lipinski definition) is 6. The van der Waals surface area contributed by atoms with Crippen molar-refractivity contribution in [1.82, 2.24) is 0 Å². The highest BCUT2D eigenvalue weighted by Crippen LogP contribution is 2.32. The fraction of sp³-hybridized carbons (Fsp3) is 0.467. The van der Waals surface area contributed by atoms with Crippen LogP contribution >= 0.6 is 0 Å². The van der Waals surface area contributed by atoms with E-state index >= 15 is 0 Å². The highest BCUT2D eigenvalue weighted by molar-refractivity contribution is 5.74. The van der Waals surface area contributed by atoms with E-state index in [2.05, 4.69) is 9.91 Å². The van der Waals surface area contributed by atoms with Crippen LogP contribution in [0.25, 0.3) is 0 Å². The van der Waals surface area contributed by atoms with Gasteiger partial charge >= 0.3 is 0 Å². The van der Waals surface area contributed by atoms with Crippen LogP contribution in [0.3, 0.4) is 0 Å². The van der Waals surface area contributed by atoms with Crippen molar-refractivity contribution in [2.24, 2.45) is 5.18 Å². The molecule has 1 aliphatic rings. The number of aldehydes is 2. The lowest BCUT2D eigenvalue weighted by molar-refractivity contribution is -0.108. The van der Waals surface area contributed by atoms with Crippen LogP contribution in [0.5, 0.6) is 0 Å². The molecule has 0 aromatic heterocycles.